The van der Waals surface area contributed by atoms with Crippen molar-refractivity contribution in [3.63, 3.8) is 0 Å². The van der Waals surface area contributed by atoms with Crippen molar-refractivity contribution in [3.05, 3.63) is 75.7 Å². The summed E-state index contributed by atoms with van der Waals surface area (Å²) in [6, 6.07) is 10.6. The number of benzene rings is 2. The number of thiophene rings is 1. The van der Waals surface area contributed by atoms with Gasteiger partial charge in [0.2, 0.25) is 0 Å². The molecule has 0 fully saturated rings. The van der Waals surface area contributed by atoms with Crippen LogP contribution in [0.2, 0.25) is 0 Å². The van der Waals surface area contributed by atoms with E-state index in [0.29, 0.717) is 10.6 Å². The van der Waals surface area contributed by atoms with Crippen LogP contribution >= 0.6 is 11.3 Å². The molecule has 0 aliphatic heterocycles. The fraction of sp³-hybridized carbons (Fsp3) is 0.269. The zero-order valence-electron chi connectivity index (χ0n) is 19.8. The van der Waals surface area contributed by atoms with Crippen molar-refractivity contribution in [2.45, 2.75) is 44.9 Å². The van der Waals surface area contributed by atoms with E-state index in [0.717, 1.165) is 48.3 Å². The highest BCUT2D eigenvalue weighted by Crippen LogP contribution is 2.38. The van der Waals surface area contributed by atoms with Crippen molar-refractivity contribution in [1.82, 2.24) is 0 Å². The molecule has 3 aromatic rings. The van der Waals surface area contributed by atoms with Crippen molar-refractivity contribution < 1.29 is 32.3 Å². The van der Waals surface area contributed by atoms with Crippen LogP contribution in [0.25, 0.3) is 0 Å². The number of halogens is 3. The van der Waals surface area contributed by atoms with Crippen molar-refractivity contribution in [1.29, 1.82) is 0 Å². The van der Waals surface area contributed by atoms with Gasteiger partial charge < -0.3 is 21.1 Å². The number of nitrogens with one attached hydrogen (secondary N) is 2. The molecule has 0 bridgehead atoms. The maximum atomic E-state index is 13.2. The Hall–Kier alpha value is -3.86. The molecule has 1 unspecified atom stereocenters. The summed E-state index contributed by atoms with van der Waals surface area (Å²) < 4.78 is 45.1. The van der Waals surface area contributed by atoms with Crippen LogP contribution in [0.3, 0.4) is 0 Å². The molecule has 0 saturated heterocycles. The second-order valence-corrected chi connectivity index (χ2v) is 9.66. The van der Waals surface area contributed by atoms with Crippen LogP contribution in [-0.2, 0) is 23.8 Å². The van der Waals surface area contributed by atoms with Crippen LogP contribution in [-0.4, -0.2) is 23.8 Å². The Kier molecular flexibility index (Phi) is 7.53. The quantitative estimate of drug-likeness (QED) is 0.379. The summed E-state index contributed by atoms with van der Waals surface area (Å²) in [5, 5.41) is 5.44. The lowest BCUT2D eigenvalue weighted by Crippen LogP contribution is -2.31. The van der Waals surface area contributed by atoms with Gasteiger partial charge in [0, 0.05) is 10.4 Å². The number of ether oxygens (including phenoxy) is 1. The molecule has 194 valence electrons. The van der Waals surface area contributed by atoms with Crippen molar-refractivity contribution >= 4 is 39.7 Å². The first-order chi connectivity index (χ1) is 17.5. The Morgan fingerprint density at radius 2 is 1.68 bits per heavy atom. The SMILES string of the molecule is CC(Oc1ccc(C(=O)Nc2sc3c(c2C(N)=O)CCCC3)cc1)C(=O)Nc1ccccc1C(F)(F)F. The number of carbonyl (C=O) groups is 3. The first-order valence-electron chi connectivity index (χ1n) is 11.5. The molecule has 0 spiro atoms. The molecule has 4 N–H and O–H groups in total. The number of carbonyl (C=O) groups excluding carboxylic acids is 3. The monoisotopic (exact) mass is 531 g/mol. The van der Waals surface area contributed by atoms with E-state index in [1.54, 1.807) is 0 Å². The van der Waals surface area contributed by atoms with Gasteiger partial charge in [-0.05, 0) is 74.6 Å². The van der Waals surface area contributed by atoms with Crippen LogP contribution in [0.1, 0.15) is 56.5 Å². The van der Waals surface area contributed by atoms with E-state index < -0.39 is 35.6 Å². The molecular weight excluding hydrogens is 507 g/mol. The average Bonchev–Trinajstić information content (AvgIpc) is 3.22. The average molecular weight is 532 g/mol. The topological polar surface area (TPSA) is 111 Å². The third-order valence-electron chi connectivity index (χ3n) is 5.93. The number of hydrogen-bond acceptors (Lipinski definition) is 5. The maximum Gasteiger partial charge on any atom is 0.418 e. The highest BCUT2D eigenvalue weighted by Gasteiger charge is 2.34. The minimum atomic E-state index is -4.62. The zero-order chi connectivity index (χ0) is 26.7. The van der Waals surface area contributed by atoms with Gasteiger partial charge in [0.1, 0.15) is 10.8 Å². The molecule has 1 aliphatic rings. The van der Waals surface area contributed by atoms with Crippen LogP contribution < -0.4 is 21.1 Å². The third kappa shape index (κ3) is 5.93. The lowest BCUT2D eigenvalue weighted by atomic mass is 9.95. The van der Waals surface area contributed by atoms with Crippen LogP contribution in [0, 0.1) is 0 Å². The first-order valence-corrected chi connectivity index (χ1v) is 12.4. The maximum absolute atomic E-state index is 13.2. The molecule has 4 rings (SSSR count). The van der Waals surface area contributed by atoms with Crippen molar-refractivity contribution in [2.24, 2.45) is 5.73 Å². The summed E-state index contributed by atoms with van der Waals surface area (Å²) in [5.41, 5.74) is 5.80. The zero-order valence-corrected chi connectivity index (χ0v) is 20.6. The Morgan fingerprint density at radius 1 is 1.00 bits per heavy atom. The van der Waals surface area contributed by atoms with E-state index in [4.69, 9.17) is 10.5 Å². The van der Waals surface area contributed by atoms with E-state index >= 15 is 0 Å². The summed E-state index contributed by atoms with van der Waals surface area (Å²) >= 11 is 1.36. The molecular formula is C26H24F3N3O4S. The Balaban J connectivity index is 1.41. The number of alkyl halides is 3. The Labute approximate surface area is 214 Å². The number of rotatable bonds is 7. The van der Waals surface area contributed by atoms with Crippen molar-refractivity contribution in [3.8, 4) is 5.75 Å². The summed E-state index contributed by atoms with van der Waals surface area (Å²) in [6.07, 6.45) is -2.16. The smallest absolute Gasteiger partial charge is 0.418 e. The molecule has 3 amide bonds. The number of para-hydroxylation sites is 1. The van der Waals surface area contributed by atoms with Gasteiger partial charge in [-0.1, -0.05) is 12.1 Å². The molecule has 1 atom stereocenters. The van der Waals surface area contributed by atoms with E-state index in [2.05, 4.69) is 10.6 Å². The number of hydrogen-bond donors (Lipinski definition) is 3. The van der Waals surface area contributed by atoms with E-state index in [-0.39, 0.29) is 17.0 Å². The summed E-state index contributed by atoms with van der Waals surface area (Å²) in [4.78, 5) is 38.3. The molecule has 37 heavy (non-hydrogen) atoms. The van der Waals surface area contributed by atoms with Gasteiger partial charge in [-0.15, -0.1) is 11.3 Å². The van der Waals surface area contributed by atoms with Gasteiger partial charge in [0.15, 0.2) is 6.10 Å². The predicted octanol–water partition coefficient (Wildman–Crippen LogP) is 5.40. The number of nitrogens with two attached hydrogens (primary N) is 1. The van der Waals surface area contributed by atoms with Crippen LogP contribution in [0.15, 0.2) is 48.5 Å². The van der Waals surface area contributed by atoms with Gasteiger partial charge >= 0.3 is 6.18 Å². The Bertz CT molecular complexity index is 1340. The highest BCUT2D eigenvalue weighted by atomic mass is 32.1. The number of fused-ring (bicyclic) bond motifs is 1. The van der Waals surface area contributed by atoms with Gasteiger partial charge in [-0.25, -0.2) is 0 Å². The molecule has 0 saturated carbocycles. The molecule has 1 heterocycles. The van der Waals surface area contributed by atoms with Gasteiger partial charge in [-0.2, -0.15) is 13.2 Å². The minimum Gasteiger partial charge on any atom is -0.481 e. The number of amides is 3. The molecule has 1 aromatic heterocycles. The fourth-order valence-electron chi connectivity index (χ4n) is 4.11. The summed E-state index contributed by atoms with van der Waals surface area (Å²) in [7, 11) is 0. The number of anilines is 2. The van der Waals surface area contributed by atoms with E-state index in [1.165, 1.54) is 54.7 Å². The first kappa shape index (κ1) is 26.2. The van der Waals surface area contributed by atoms with Crippen LogP contribution in [0.5, 0.6) is 5.75 Å². The normalized spacial score (nSPS) is 13.8. The molecule has 0 radical (unpaired) electrons. The minimum absolute atomic E-state index is 0.243. The van der Waals surface area contributed by atoms with Crippen LogP contribution in [0.4, 0.5) is 23.9 Å². The largest absolute Gasteiger partial charge is 0.481 e. The second kappa shape index (κ2) is 10.6. The molecule has 2 aromatic carbocycles. The molecule has 11 heteroatoms. The Morgan fingerprint density at radius 3 is 2.35 bits per heavy atom. The van der Waals surface area contributed by atoms with Gasteiger partial charge in [-0.3, -0.25) is 14.4 Å². The standard InChI is InChI=1S/C26H24F3N3O4S/c1-14(23(34)31-19-8-4-3-7-18(19)26(27,28)29)36-16-12-10-15(11-13-16)24(35)32-25-21(22(30)33)17-6-2-5-9-20(17)37-25/h3-4,7-8,10-14H,2,5-6,9H2,1H3,(H2,30,33)(H,31,34)(H,32,35). The second-order valence-electron chi connectivity index (χ2n) is 8.55. The van der Waals surface area contributed by atoms with Gasteiger partial charge in [0.25, 0.3) is 17.7 Å². The van der Waals surface area contributed by atoms with E-state index in [9.17, 15) is 27.6 Å². The van der Waals surface area contributed by atoms with Crippen molar-refractivity contribution in [2.75, 3.05) is 10.6 Å². The highest BCUT2D eigenvalue weighted by molar-refractivity contribution is 7.17. The molecule has 7 nitrogen and oxygen atoms in total. The predicted molar refractivity (Wildman–Crippen MR) is 134 cm³/mol. The summed E-state index contributed by atoms with van der Waals surface area (Å²) in [6.45, 7) is 1.40. The van der Waals surface area contributed by atoms with Gasteiger partial charge in [0.05, 0.1) is 16.8 Å². The molecule has 1 aliphatic carbocycles. The lowest BCUT2D eigenvalue weighted by molar-refractivity contribution is -0.137. The third-order valence-corrected chi connectivity index (χ3v) is 7.14. The summed E-state index contributed by atoms with van der Waals surface area (Å²) in [5.74, 6) is -1.54. The fourth-order valence-corrected chi connectivity index (χ4v) is 5.40. The lowest BCUT2D eigenvalue weighted by Gasteiger charge is -2.17. The number of primary amides is 1. The number of aryl methyl sites for hydroxylation is 1. The van der Waals surface area contributed by atoms with E-state index in [1.807, 2.05) is 0 Å².